The number of pyridine rings is 1. The number of halogens is 1. The van der Waals surface area contributed by atoms with Gasteiger partial charge in [0.15, 0.2) is 5.82 Å². The number of piperazine rings is 1. The first-order valence-corrected chi connectivity index (χ1v) is 12.5. The van der Waals surface area contributed by atoms with E-state index >= 15 is 0 Å². The molecule has 2 aromatic heterocycles. The number of aromatic amines is 1. The van der Waals surface area contributed by atoms with Crippen LogP contribution in [0.4, 0.5) is 5.69 Å². The third-order valence-electron chi connectivity index (χ3n) is 6.83. The summed E-state index contributed by atoms with van der Waals surface area (Å²) in [7, 11) is 1.65. The summed E-state index contributed by atoms with van der Waals surface area (Å²) >= 11 is 6.29. The topological polar surface area (TPSA) is 92.2 Å². The Labute approximate surface area is 214 Å². The molecule has 1 fully saturated rings. The van der Waals surface area contributed by atoms with Crippen LogP contribution in [0.2, 0.25) is 5.02 Å². The number of tetrazole rings is 1. The fourth-order valence-corrected chi connectivity index (χ4v) is 5.09. The average Bonchev–Trinajstić information content (AvgIpc) is 3.33. The third kappa shape index (κ3) is 4.86. The zero-order valence-corrected chi connectivity index (χ0v) is 21.5. The predicted molar refractivity (Wildman–Crippen MR) is 141 cm³/mol. The maximum atomic E-state index is 13.4. The molecule has 1 atom stereocenters. The lowest BCUT2D eigenvalue weighted by Gasteiger charge is -2.40. The number of rotatable bonds is 7. The molecular weight excluding hydrogens is 478 g/mol. The summed E-state index contributed by atoms with van der Waals surface area (Å²) in [5.74, 6) is 0.636. The SMILES string of the molecule is COCCn1nnnc1[C@@H](c1cc2ccc(C)cc2[nH]c1=O)N1CCN(c2cc(Cl)ccc2C)CC1. The minimum Gasteiger partial charge on any atom is -0.383 e. The van der Waals surface area contributed by atoms with Gasteiger partial charge in [0.25, 0.3) is 5.56 Å². The molecule has 188 valence electrons. The minimum absolute atomic E-state index is 0.132. The van der Waals surface area contributed by atoms with Crippen molar-refractivity contribution in [2.24, 2.45) is 0 Å². The van der Waals surface area contributed by atoms with Crippen molar-refractivity contribution < 1.29 is 4.74 Å². The van der Waals surface area contributed by atoms with E-state index < -0.39 is 6.04 Å². The molecule has 0 unspecified atom stereocenters. The van der Waals surface area contributed by atoms with Gasteiger partial charge in [-0.25, -0.2) is 4.68 Å². The quantitative estimate of drug-likeness (QED) is 0.410. The van der Waals surface area contributed by atoms with Gasteiger partial charge in [-0.15, -0.1) is 5.10 Å². The monoisotopic (exact) mass is 507 g/mol. The Morgan fingerprint density at radius 1 is 1.08 bits per heavy atom. The van der Waals surface area contributed by atoms with E-state index in [9.17, 15) is 4.79 Å². The van der Waals surface area contributed by atoms with Gasteiger partial charge in [-0.2, -0.15) is 0 Å². The van der Waals surface area contributed by atoms with Crippen molar-refractivity contribution in [1.29, 1.82) is 0 Å². The highest BCUT2D eigenvalue weighted by atomic mass is 35.5. The normalized spacial score (nSPS) is 15.5. The highest BCUT2D eigenvalue weighted by Gasteiger charge is 2.33. The molecule has 1 N–H and O–H groups in total. The fraction of sp³-hybridized carbons (Fsp3) is 0.385. The Hall–Kier alpha value is -3.27. The Morgan fingerprint density at radius 3 is 2.67 bits per heavy atom. The molecule has 4 aromatic rings. The van der Waals surface area contributed by atoms with Crippen LogP contribution in [0.3, 0.4) is 0 Å². The number of H-pyrrole nitrogens is 1. The van der Waals surface area contributed by atoms with Crippen LogP contribution in [0.25, 0.3) is 10.9 Å². The van der Waals surface area contributed by atoms with Gasteiger partial charge in [-0.1, -0.05) is 29.8 Å². The zero-order chi connectivity index (χ0) is 25.2. The van der Waals surface area contributed by atoms with E-state index in [1.807, 2.05) is 49.4 Å². The molecule has 3 heterocycles. The number of fused-ring (bicyclic) bond motifs is 1. The number of nitrogens with zero attached hydrogens (tertiary/aromatic N) is 6. The van der Waals surface area contributed by atoms with E-state index in [0.717, 1.165) is 53.4 Å². The Kier molecular flexibility index (Phi) is 7.04. The summed E-state index contributed by atoms with van der Waals surface area (Å²) in [6.45, 7) is 8.14. The number of aromatic nitrogens is 5. The second-order valence-corrected chi connectivity index (χ2v) is 9.69. The van der Waals surface area contributed by atoms with E-state index in [1.165, 1.54) is 5.56 Å². The Bertz CT molecular complexity index is 1430. The van der Waals surface area contributed by atoms with Crippen LogP contribution in [0.15, 0.2) is 47.3 Å². The molecule has 1 aliphatic heterocycles. The van der Waals surface area contributed by atoms with Crippen molar-refractivity contribution in [3.8, 4) is 0 Å². The van der Waals surface area contributed by atoms with Crippen LogP contribution in [-0.4, -0.2) is 70.0 Å². The lowest BCUT2D eigenvalue weighted by atomic mass is 10.0. The summed E-state index contributed by atoms with van der Waals surface area (Å²) in [5, 5.41) is 14.2. The van der Waals surface area contributed by atoms with Gasteiger partial charge >= 0.3 is 0 Å². The highest BCUT2D eigenvalue weighted by molar-refractivity contribution is 6.30. The van der Waals surface area contributed by atoms with Crippen LogP contribution in [0, 0.1) is 13.8 Å². The van der Waals surface area contributed by atoms with Gasteiger partial charge in [-0.3, -0.25) is 9.69 Å². The van der Waals surface area contributed by atoms with Gasteiger partial charge in [0.2, 0.25) is 0 Å². The molecule has 2 aromatic carbocycles. The summed E-state index contributed by atoms with van der Waals surface area (Å²) in [5.41, 5.74) is 4.75. The lowest BCUT2D eigenvalue weighted by Crippen LogP contribution is -2.49. The molecule has 9 nitrogen and oxygen atoms in total. The number of aryl methyl sites for hydroxylation is 2. The maximum absolute atomic E-state index is 13.4. The highest BCUT2D eigenvalue weighted by Crippen LogP contribution is 2.30. The van der Waals surface area contributed by atoms with Gasteiger partial charge in [0.1, 0.15) is 6.04 Å². The fourth-order valence-electron chi connectivity index (χ4n) is 4.92. The molecule has 0 bridgehead atoms. The molecule has 0 aliphatic carbocycles. The van der Waals surface area contributed by atoms with Gasteiger partial charge < -0.3 is 14.6 Å². The van der Waals surface area contributed by atoms with E-state index in [4.69, 9.17) is 16.3 Å². The van der Waals surface area contributed by atoms with Crippen LogP contribution in [-0.2, 0) is 11.3 Å². The van der Waals surface area contributed by atoms with Crippen molar-refractivity contribution in [3.63, 3.8) is 0 Å². The van der Waals surface area contributed by atoms with E-state index in [1.54, 1.807) is 11.8 Å². The van der Waals surface area contributed by atoms with Crippen LogP contribution >= 0.6 is 11.6 Å². The minimum atomic E-state index is -0.395. The molecule has 0 radical (unpaired) electrons. The second kappa shape index (κ2) is 10.4. The molecule has 1 saturated heterocycles. The smallest absolute Gasteiger partial charge is 0.253 e. The van der Waals surface area contributed by atoms with Crippen molar-refractivity contribution >= 4 is 28.2 Å². The standard InChI is InChI=1S/C26H30ClN7O2/c1-17-4-6-19-15-21(26(35)28-22(19)14-17)24(25-29-30-31-34(25)12-13-36-3)33-10-8-32(9-11-33)23-16-20(27)7-5-18(23)2/h4-7,14-16,24H,8-13H2,1-3H3,(H,28,35)/t24-/m1/s1. The number of nitrogens with one attached hydrogen (secondary N) is 1. The van der Waals surface area contributed by atoms with Gasteiger partial charge in [0.05, 0.1) is 13.2 Å². The molecule has 5 rings (SSSR count). The van der Waals surface area contributed by atoms with Crippen LogP contribution in [0.1, 0.15) is 28.6 Å². The maximum Gasteiger partial charge on any atom is 0.253 e. The predicted octanol–water partition coefficient (Wildman–Crippen LogP) is 3.34. The van der Waals surface area contributed by atoms with Crippen molar-refractivity contribution in [1.82, 2.24) is 30.1 Å². The third-order valence-corrected chi connectivity index (χ3v) is 7.06. The average molecular weight is 508 g/mol. The second-order valence-electron chi connectivity index (χ2n) is 9.25. The molecule has 10 heteroatoms. The van der Waals surface area contributed by atoms with Crippen LogP contribution < -0.4 is 10.5 Å². The number of hydrogen-bond acceptors (Lipinski definition) is 7. The Balaban J connectivity index is 1.52. The first kappa shape index (κ1) is 24.4. The number of hydrogen-bond donors (Lipinski definition) is 1. The first-order valence-electron chi connectivity index (χ1n) is 12.1. The number of methoxy groups -OCH3 is 1. The van der Waals surface area contributed by atoms with Crippen molar-refractivity contribution in [2.45, 2.75) is 26.4 Å². The summed E-state index contributed by atoms with van der Waals surface area (Å²) in [6.07, 6.45) is 0. The summed E-state index contributed by atoms with van der Waals surface area (Å²) in [6, 6.07) is 13.6. The molecule has 0 saturated carbocycles. The number of anilines is 1. The largest absolute Gasteiger partial charge is 0.383 e. The Morgan fingerprint density at radius 2 is 1.89 bits per heavy atom. The van der Waals surface area contributed by atoms with Gasteiger partial charge in [0, 0.05) is 55.1 Å². The lowest BCUT2D eigenvalue weighted by molar-refractivity contribution is 0.171. The molecule has 0 amide bonds. The first-order chi connectivity index (χ1) is 17.4. The molecule has 0 spiro atoms. The van der Waals surface area contributed by atoms with Gasteiger partial charge in [-0.05, 0) is 65.1 Å². The summed E-state index contributed by atoms with van der Waals surface area (Å²) < 4.78 is 7.00. The molecular formula is C26H30ClN7O2. The van der Waals surface area contributed by atoms with Crippen molar-refractivity contribution in [2.75, 3.05) is 44.8 Å². The van der Waals surface area contributed by atoms with Crippen molar-refractivity contribution in [3.05, 3.63) is 80.4 Å². The molecule has 36 heavy (non-hydrogen) atoms. The van der Waals surface area contributed by atoms with E-state index in [2.05, 4.69) is 37.2 Å². The zero-order valence-electron chi connectivity index (χ0n) is 20.7. The van der Waals surface area contributed by atoms with E-state index in [0.29, 0.717) is 24.5 Å². The van der Waals surface area contributed by atoms with Crippen LogP contribution in [0.5, 0.6) is 0 Å². The summed E-state index contributed by atoms with van der Waals surface area (Å²) in [4.78, 5) is 21.1. The van der Waals surface area contributed by atoms with E-state index in [-0.39, 0.29) is 5.56 Å². The number of benzene rings is 2. The molecule has 1 aliphatic rings. The number of ether oxygens (including phenoxy) is 1.